The lowest BCUT2D eigenvalue weighted by molar-refractivity contribution is -0.146. The summed E-state index contributed by atoms with van der Waals surface area (Å²) in [4.78, 5) is 25.4. The second-order valence-corrected chi connectivity index (χ2v) is 4.94. The summed E-state index contributed by atoms with van der Waals surface area (Å²) in [6, 6.07) is 2.87. The van der Waals surface area contributed by atoms with Gasteiger partial charge in [0.15, 0.2) is 6.04 Å². The van der Waals surface area contributed by atoms with E-state index in [4.69, 9.17) is 0 Å². The SMILES string of the molecule is CCCN(C=O)C(C(=O)O)c1ccc(CC)s1. The second kappa shape index (κ2) is 6.39. The van der Waals surface area contributed by atoms with Crippen LogP contribution in [0.2, 0.25) is 0 Å². The van der Waals surface area contributed by atoms with Gasteiger partial charge in [-0.05, 0) is 25.0 Å². The fraction of sp³-hybridized carbons (Fsp3) is 0.500. The highest BCUT2D eigenvalue weighted by Crippen LogP contribution is 2.28. The van der Waals surface area contributed by atoms with Crippen LogP contribution in [0.1, 0.15) is 36.1 Å². The summed E-state index contributed by atoms with van der Waals surface area (Å²) >= 11 is 1.46. The van der Waals surface area contributed by atoms with Crippen LogP contribution in [-0.4, -0.2) is 28.9 Å². The topological polar surface area (TPSA) is 57.6 Å². The average Bonchev–Trinajstić information content (AvgIpc) is 2.76. The zero-order valence-electron chi connectivity index (χ0n) is 10.0. The van der Waals surface area contributed by atoms with Gasteiger partial charge in [0.1, 0.15) is 0 Å². The number of nitrogens with zero attached hydrogens (tertiary/aromatic N) is 1. The van der Waals surface area contributed by atoms with Crippen molar-refractivity contribution in [3.05, 3.63) is 21.9 Å². The molecule has 1 unspecified atom stereocenters. The number of aliphatic carboxylic acids is 1. The third kappa shape index (κ3) is 3.30. The first-order valence-electron chi connectivity index (χ1n) is 5.66. The number of carbonyl (C=O) groups excluding carboxylic acids is 1. The summed E-state index contributed by atoms with van der Waals surface area (Å²) in [7, 11) is 0. The molecule has 0 aliphatic heterocycles. The van der Waals surface area contributed by atoms with Gasteiger partial charge >= 0.3 is 5.97 Å². The molecule has 94 valence electrons. The van der Waals surface area contributed by atoms with Crippen molar-refractivity contribution in [2.45, 2.75) is 32.7 Å². The first-order chi connectivity index (χ1) is 8.13. The van der Waals surface area contributed by atoms with Crippen molar-refractivity contribution in [2.24, 2.45) is 0 Å². The van der Waals surface area contributed by atoms with Crippen molar-refractivity contribution in [1.29, 1.82) is 0 Å². The van der Waals surface area contributed by atoms with Crippen LogP contribution in [0, 0.1) is 0 Å². The summed E-state index contributed by atoms with van der Waals surface area (Å²) < 4.78 is 0. The zero-order valence-corrected chi connectivity index (χ0v) is 10.9. The number of amides is 1. The Morgan fingerprint density at radius 1 is 1.53 bits per heavy atom. The summed E-state index contributed by atoms with van der Waals surface area (Å²) in [5.41, 5.74) is 0. The molecule has 0 bridgehead atoms. The van der Waals surface area contributed by atoms with Gasteiger partial charge in [-0.15, -0.1) is 11.3 Å². The molecule has 5 heteroatoms. The molecule has 1 rings (SSSR count). The Bertz CT molecular complexity index is 389. The molecule has 4 nitrogen and oxygen atoms in total. The summed E-state index contributed by atoms with van der Waals surface area (Å²) in [5, 5.41) is 9.24. The lowest BCUT2D eigenvalue weighted by Gasteiger charge is -2.23. The number of hydrogen-bond acceptors (Lipinski definition) is 3. The molecular formula is C12H17NO3S. The molecule has 0 saturated carbocycles. The highest BCUT2D eigenvalue weighted by atomic mass is 32.1. The van der Waals surface area contributed by atoms with Crippen LogP contribution in [0.4, 0.5) is 0 Å². The third-order valence-corrected chi connectivity index (χ3v) is 3.77. The fourth-order valence-corrected chi connectivity index (χ4v) is 2.73. The molecule has 17 heavy (non-hydrogen) atoms. The minimum atomic E-state index is -0.977. The van der Waals surface area contributed by atoms with Crippen molar-refractivity contribution < 1.29 is 14.7 Å². The molecule has 0 aromatic carbocycles. The van der Waals surface area contributed by atoms with E-state index in [1.54, 1.807) is 6.07 Å². The van der Waals surface area contributed by atoms with Gasteiger partial charge in [0.2, 0.25) is 6.41 Å². The van der Waals surface area contributed by atoms with E-state index >= 15 is 0 Å². The summed E-state index contributed by atoms with van der Waals surface area (Å²) in [6.07, 6.45) is 2.24. The van der Waals surface area contributed by atoms with E-state index in [2.05, 4.69) is 0 Å². The van der Waals surface area contributed by atoms with Crippen LogP contribution < -0.4 is 0 Å². The van der Waals surface area contributed by atoms with Crippen LogP contribution in [0.25, 0.3) is 0 Å². The second-order valence-electron chi connectivity index (χ2n) is 3.74. The standard InChI is InChI=1S/C12H17NO3S/c1-3-7-13(8-14)11(12(15)16)10-6-5-9(4-2)17-10/h5-6,8,11H,3-4,7H2,1-2H3,(H,15,16). The predicted octanol–water partition coefficient (Wildman–Crippen LogP) is 2.30. The number of hydrogen-bond donors (Lipinski definition) is 1. The van der Waals surface area contributed by atoms with E-state index in [0.29, 0.717) is 13.0 Å². The lowest BCUT2D eigenvalue weighted by Crippen LogP contribution is -2.33. The molecule has 1 atom stereocenters. The fourth-order valence-electron chi connectivity index (χ4n) is 1.66. The van der Waals surface area contributed by atoms with Crippen LogP contribution in [0.5, 0.6) is 0 Å². The number of thiophene rings is 1. The van der Waals surface area contributed by atoms with Crippen LogP contribution in [-0.2, 0) is 16.0 Å². The van der Waals surface area contributed by atoms with E-state index in [9.17, 15) is 14.7 Å². The monoisotopic (exact) mass is 255 g/mol. The number of aryl methyl sites for hydroxylation is 1. The van der Waals surface area contributed by atoms with Gasteiger partial charge in [0, 0.05) is 16.3 Å². The van der Waals surface area contributed by atoms with Gasteiger partial charge in [-0.3, -0.25) is 4.79 Å². The van der Waals surface area contributed by atoms with Crippen LogP contribution >= 0.6 is 11.3 Å². The maximum absolute atomic E-state index is 11.3. The maximum Gasteiger partial charge on any atom is 0.331 e. The molecule has 0 fully saturated rings. The maximum atomic E-state index is 11.3. The van der Waals surface area contributed by atoms with Gasteiger partial charge in [-0.25, -0.2) is 4.79 Å². The van der Waals surface area contributed by atoms with Crippen molar-refractivity contribution >= 4 is 23.7 Å². The number of rotatable bonds is 7. The molecular weight excluding hydrogens is 238 g/mol. The van der Waals surface area contributed by atoms with Crippen molar-refractivity contribution in [1.82, 2.24) is 4.90 Å². The summed E-state index contributed by atoms with van der Waals surface area (Å²) in [5.74, 6) is -0.977. The molecule has 0 saturated heterocycles. The molecule has 1 amide bonds. The Labute approximate surface area is 105 Å². The Balaban J connectivity index is 2.98. The largest absolute Gasteiger partial charge is 0.479 e. The van der Waals surface area contributed by atoms with Crippen molar-refractivity contribution in [3.8, 4) is 0 Å². The minimum absolute atomic E-state index is 0.458. The minimum Gasteiger partial charge on any atom is -0.479 e. The van der Waals surface area contributed by atoms with E-state index < -0.39 is 12.0 Å². The Morgan fingerprint density at radius 2 is 2.24 bits per heavy atom. The van der Waals surface area contributed by atoms with Crippen molar-refractivity contribution in [2.75, 3.05) is 6.54 Å². The van der Waals surface area contributed by atoms with Gasteiger partial charge < -0.3 is 10.0 Å². The van der Waals surface area contributed by atoms with Crippen LogP contribution in [0.3, 0.4) is 0 Å². The molecule has 1 N–H and O–H groups in total. The Morgan fingerprint density at radius 3 is 2.65 bits per heavy atom. The van der Waals surface area contributed by atoms with Gasteiger partial charge in [-0.2, -0.15) is 0 Å². The Hall–Kier alpha value is -1.36. The first kappa shape index (κ1) is 13.7. The number of carboxylic acid groups (broad SMARTS) is 1. The van der Waals surface area contributed by atoms with Gasteiger partial charge in [-0.1, -0.05) is 13.8 Å². The third-order valence-electron chi connectivity index (χ3n) is 2.48. The first-order valence-corrected chi connectivity index (χ1v) is 6.48. The van der Waals surface area contributed by atoms with E-state index in [1.165, 1.54) is 16.2 Å². The van der Waals surface area contributed by atoms with E-state index in [-0.39, 0.29) is 0 Å². The molecule has 0 spiro atoms. The molecule has 0 aliphatic rings. The molecule has 1 aromatic heterocycles. The van der Waals surface area contributed by atoms with E-state index in [0.717, 1.165) is 22.6 Å². The highest BCUT2D eigenvalue weighted by Gasteiger charge is 2.27. The normalized spacial score (nSPS) is 12.1. The van der Waals surface area contributed by atoms with E-state index in [1.807, 2.05) is 19.9 Å². The molecule has 1 heterocycles. The van der Waals surface area contributed by atoms with Gasteiger partial charge in [0.25, 0.3) is 0 Å². The highest BCUT2D eigenvalue weighted by molar-refractivity contribution is 7.12. The quantitative estimate of drug-likeness (QED) is 0.761. The molecule has 0 aliphatic carbocycles. The zero-order chi connectivity index (χ0) is 12.8. The molecule has 0 radical (unpaired) electrons. The Kier molecular flexibility index (Phi) is 5.15. The number of carbonyl (C=O) groups is 2. The average molecular weight is 255 g/mol. The summed E-state index contributed by atoms with van der Waals surface area (Å²) in [6.45, 7) is 4.40. The van der Waals surface area contributed by atoms with Gasteiger partial charge in [0.05, 0.1) is 0 Å². The smallest absolute Gasteiger partial charge is 0.331 e. The van der Waals surface area contributed by atoms with Crippen LogP contribution in [0.15, 0.2) is 12.1 Å². The number of carboxylic acids is 1. The van der Waals surface area contributed by atoms with Crippen molar-refractivity contribution in [3.63, 3.8) is 0 Å². The lowest BCUT2D eigenvalue weighted by atomic mass is 10.2. The predicted molar refractivity (Wildman–Crippen MR) is 67.1 cm³/mol. The molecule has 1 aromatic rings.